The van der Waals surface area contributed by atoms with Crippen molar-refractivity contribution >= 4 is 11.8 Å². The van der Waals surface area contributed by atoms with Crippen molar-refractivity contribution in [2.45, 2.75) is 45.2 Å². The van der Waals surface area contributed by atoms with E-state index in [1.165, 1.54) is 0 Å². The molecule has 1 aromatic rings. The van der Waals surface area contributed by atoms with E-state index in [1.807, 2.05) is 10.9 Å². The number of piperazine rings is 1. The van der Waals surface area contributed by atoms with Crippen LogP contribution in [0.5, 0.6) is 0 Å². The van der Waals surface area contributed by atoms with E-state index in [9.17, 15) is 9.59 Å². The normalized spacial score (nSPS) is 24.4. The number of likely N-dealkylation sites (tertiary alicyclic amines) is 1. The van der Waals surface area contributed by atoms with Crippen LogP contribution < -0.4 is 5.32 Å². The Hall–Kier alpha value is -2.22. The Balaban J connectivity index is 1.23. The lowest BCUT2D eigenvalue weighted by Crippen LogP contribution is -2.47. The molecule has 3 heterocycles. The van der Waals surface area contributed by atoms with E-state index < -0.39 is 0 Å². The van der Waals surface area contributed by atoms with Crippen molar-refractivity contribution in [2.75, 3.05) is 32.7 Å². The van der Waals surface area contributed by atoms with Crippen molar-refractivity contribution < 1.29 is 9.59 Å². The molecule has 0 radical (unpaired) electrons. The molecule has 0 spiro atoms. The molecular weight excluding hydrogens is 356 g/mol. The van der Waals surface area contributed by atoms with Crippen LogP contribution in [-0.2, 0) is 22.7 Å². The Labute approximate surface area is 165 Å². The molecule has 0 aromatic carbocycles. The van der Waals surface area contributed by atoms with E-state index in [1.54, 1.807) is 0 Å². The van der Waals surface area contributed by atoms with Crippen LogP contribution in [0, 0.1) is 11.8 Å². The minimum absolute atomic E-state index is 0.0733. The largest absolute Gasteiger partial charge is 0.354 e. The number of aromatic nitrogens is 3. The van der Waals surface area contributed by atoms with Gasteiger partial charge in [0.25, 0.3) is 0 Å². The van der Waals surface area contributed by atoms with Gasteiger partial charge in [-0.25, -0.2) is 0 Å². The highest BCUT2D eigenvalue weighted by molar-refractivity contribution is 5.79. The number of hydrogen-bond donors (Lipinski definition) is 1. The summed E-state index contributed by atoms with van der Waals surface area (Å²) in [5.41, 5.74) is 0.910. The van der Waals surface area contributed by atoms with Crippen LogP contribution >= 0.6 is 0 Å². The molecule has 1 unspecified atom stereocenters. The molecule has 0 saturated carbocycles. The molecule has 1 N–H and O–H groups in total. The first-order valence-corrected chi connectivity index (χ1v) is 10.5. The highest BCUT2D eigenvalue weighted by atomic mass is 16.2. The van der Waals surface area contributed by atoms with Crippen LogP contribution in [0.2, 0.25) is 0 Å². The fourth-order valence-corrected chi connectivity index (χ4v) is 4.43. The lowest BCUT2D eigenvalue weighted by molar-refractivity contribution is -0.137. The summed E-state index contributed by atoms with van der Waals surface area (Å²) in [5.74, 6) is 1.14. The maximum atomic E-state index is 12.7. The summed E-state index contributed by atoms with van der Waals surface area (Å²) >= 11 is 0. The summed E-state index contributed by atoms with van der Waals surface area (Å²) < 4.78 is 1.92. The van der Waals surface area contributed by atoms with Gasteiger partial charge in [0.1, 0.15) is 0 Å². The Kier molecular flexibility index (Phi) is 6.04. The van der Waals surface area contributed by atoms with Crippen LogP contribution in [-0.4, -0.2) is 69.3 Å². The molecule has 152 valence electrons. The van der Waals surface area contributed by atoms with Gasteiger partial charge in [0, 0.05) is 51.4 Å². The van der Waals surface area contributed by atoms with Crippen molar-refractivity contribution in [3.63, 3.8) is 0 Å². The Bertz CT molecular complexity index is 722. The fourth-order valence-electron chi connectivity index (χ4n) is 4.43. The Morgan fingerprint density at radius 1 is 1.18 bits per heavy atom. The number of nitrogens with one attached hydrogen (secondary N) is 1. The van der Waals surface area contributed by atoms with Crippen molar-refractivity contribution in [3.05, 3.63) is 24.0 Å². The van der Waals surface area contributed by atoms with Gasteiger partial charge in [0.2, 0.25) is 11.8 Å². The summed E-state index contributed by atoms with van der Waals surface area (Å²) in [6, 6.07) is 0. The van der Waals surface area contributed by atoms with E-state index in [0.29, 0.717) is 31.5 Å². The molecule has 2 fully saturated rings. The number of rotatable bonds is 5. The molecule has 1 aliphatic carbocycles. The maximum absolute atomic E-state index is 12.7. The zero-order valence-corrected chi connectivity index (χ0v) is 16.4. The molecule has 2 saturated heterocycles. The Morgan fingerprint density at radius 2 is 2.04 bits per heavy atom. The minimum Gasteiger partial charge on any atom is -0.354 e. The van der Waals surface area contributed by atoms with Gasteiger partial charge in [0.15, 0.2) is 0 Å². The second kappa shape index (κ2) is 8.86. The van der Waals surface area contributed by atoms with Crippen LogP contribution in [0.1, 0.15) is 37.8 Å². The molecule has 28 heavy (non-hydrogen) atoms. The van der Waals surface area contributed by atoms with Gasteiger partial charge in [-0.05, 0) is 38.0 Å². The lowest BCUT2D eigenvalue weighted by Gasteiger charge is -2.34. The quantitative estimate of drug-likeness (QED) is 0.757. The van der Waals surface area contributed by atoms with Gasteiger partial charge in [-0.1, -0.05) is 17.4 Å². The zero-order valence-electron chi connectivity index (χ0n) is 16.4. The molecule has 2 amide bonds. The number of amides is 2. The zero-order chi connectivity index (χ0) is 19.3. The van der Waals surface area contributed by atoms with Gasteiger partial charge in [-0.3, -0.25) is 19.2 Å². The first kappa shape index (κ1) is 19.1. The van der Waals surface area contributed by atoms with Crippen molar-refractivity contribution in [2.24, 2.45) is 11.8 Å². The SMILES string of the molecule is O=C1CN(Cc2cn(CC3CCN(C(=O)C4CC=CCC4)CC3)nn2)CCN1. The van der Waals surface area contributed by atoms with Gasteiger partial charge >= 0.3 is 0 Å². The monoisotopic (exact) mass is 386 g/mol. The molecular formula is C20H30N6O2. The standard InChI is InChI=1S/C20H30N6O2/c27-19-15-24(11-8-21-19)13-18-14-26(23-22-18)12-16-6-9-25(10-7-16)20(28)17-4-2-1-3-5-17/h1-2,14,16-17H,3-13,15H2,(H,21,27). The summed E-state index contributed by atoms with van der Waals surface area (Å²) in [7, 11) is 0. The maximum Gasteiger partial charge on any atom is 0.234 e. The molecule has 1 aromatic heterocycles. The number of allylic oxidation sites excluding steroid dienone is 2. The lowest BCUT2D eigenvalue weighted by atomic mass is 9.91. The fraction of sp³-hybridized carbons (Fsp3) is 0.700. The molecule has 3 aliphatic rings. The van der Waals surface area contributed by atoms with Gasteiger partial charge < -0.3 is 10.2 Å². The average Bonchev–Trinajstić information content (AvgIpc) is 3.15. The van der Waals surface area contributed by atoms with E-state index >= 15 is 0 Å². The van der Waals surface area contributed by atoms with Crippen molar-refractivity contribution in [1.29, 1.82) is 0 Å². The summed E-state index contributed by atoms with van der Waals surface area (Å²) in [6.07, 6.45) is 11.3. The highest BCUT2D eigenvalue weighted by Gasteiger charge is 2.28. The summed E-state index contributed by atoms with van der Waals surface area (Å²) in [6.45, 7) is 5.19. The van der Waals surface area contributed by atoms with Crippen LogP contribution in [0.4, 0.5) is 0 Å². The van der Waals surface area contributed by atoms with Crippen LogP contribution in [0.25, 0.3) is 0 Å². The Morgan fingerprint density at radius 3 is 2.79 bits per heavy atom. The van der Waals surface area contributed by atoms with E-state index in [4.69, 9.17) is 0 Å². The molecule has 2 aliphatic heterocycles. The minimum atomic E-state index is 0.0733. The van der Waals surface area contributed by atoms with E-state index in [0.717, 1.165) is 64.0 Å². The summed E-state index contributed by atoms with van der Waals surface area (Å²) in [5, 5.41) is 11.4. The second-order valence-electron chi connectivity index (χ2n) is 8.24. The van der Waals surface area contributed by atoms with Crippen LogP contribution in [0.3, 0.4) is 0 Å². The third-order valence-corrected chi connectivity index (χ3v) is 6.08. The average molecular weight is 387 g/mol. The number of carbonyl (C=O) groups is 2. The molecule has 8 heteroatoms. The van der Waals surface area contributed by atoms with E-state index in [-0.39, 0.29) is 11.8 Å². The third kappa shape index (κ3) is 4.79. The predicted octanol–water partition coefficient (Wildman–Crippen LogP) is 0.805. The third-order valence-electron chi connectivity index (χ3n) is 6.08. The van der Waals surface area contributed by atoms with Gasteiger partial charge in [0.05, 0.1) is 12.2 Å². The molecule has 8 nitrogen and oxygen atoms in total. The number of piperidine rings is 1. The topological polar surface area (TPSA) is 83.4 Å². The number of carbonyl (C=O) groups excluding carboxylic acids is 2. The smallest absolute Gasteiger partial charge is 0.234 e. The number of nitrogens with zero attached hydrogens (tertiary/aromatic N) is 5. The highest BCUT2D eigenvalue weighted by Crippen LogP contribution is 2.25. The van der Waals surface area contributed by atoms with E-state index in [2.05, 4.69) is 37.6 Å². The summed E-state index contributed by atoms with van der Waals surface area (Å²) in [4.78, 5) is 28.3. The molecule has 0 bridgehead atoms. The van der Waals surface area contributed by atoms with Gasteiger partial charge in [-0.15, -0.1) is 5.10 Å². The molecule has 4 rings (SSSR count). The van der Waals surface area contributed by atoms with Gasteiger partial charge in [-0.2, -0.15) is 0 Å². The van der Waals surface area contributed by atoms with Crippen molar-refractivity contribution in [3.8, 4) is 0 Å². The molecule has 1 atom stereocenters. The first-order chi connectivity index (χ1) is 13.7. The van der Waals surface area contributed by atoms with Crippen molar-refractivity contribution in [1.82, 2.24) is 30.1 Å². The van der Waals surface area contributed by atoms with Crippen LogP contribution in [0.15, 0.2) is 18.3 Å². The number of hydrogen-bond acceptors (Lipinski definition) is 5. The first-order valence-electron chi connectivity index (χ1n) is 10.5. The second-order valence-corrected chi connectivity index (χ2v) is 8.24. The predicted molar refractivity (Wildman–Crippen MR) is 104 cm³/mol.